The van der Waals surface area contributed by atoms with Gasteiger partial charge in [-0.05, 0) is 35.6 Å². The number of nitrogens with zero attached hydrogens (tertiary/aromatic N) is 2. The van der Waals surface area contributed by atoms with Gasteiger partial charge in [0.2, 0.25) is 5.91 Å². The Morgan fingerprint density at radius 2 is 1.73 bits per heavy atom. The number of carbonyl (C=O) groups excluding carboxylic acids is 2. The molecule has 1 amide bonds. The van der Waals surface area contributed by atoms with Gasteiger partial charge in [0.25, 0.3) is 0 Å². The SMILES string of the molecule is COCCn1c(C(=O)OC)c(NC(=O)Cc2ccccc2)c2cc(NC3Cc4ccccc4C3)cnc21. The number of fused-ring (bicyclic) bond motifs is 2. The van der Waals surface area contributed by atoms with Gasteiger partial charge in [-0.2, -0.15) is 0 Å². The number of carbonyl (C=O) groups is 2. The smallest absolute Gasteiger partial charge is 0.356 e. The van der Waals surface area contributed by atoms with Crippen molar-refractivity contribution in [2.75, 3.05) is 31.5 Å². The van der Waals surface area contributed by atoms with Crippen LogP contribution >= 0.6 is 0 Å². The van der Waals surface area contributed by atoms with E-state index in [4.69, 9.17) is 14.5 Å². The minimum absolute atomic E-state index is 0.178. The molecule has 0 fully saturated rings. The zero-order valence-electron chi connectivity index (χ0n) is 21.0. The summed E-state index contributed by atoms with van der Waals surface area (Å²) >= 11 is 0. The lowest BCUT2D eigenvalue weighted by Gasteiger charge is -2.14. The first kappa shape index (κ1) is 24.5. The Morgan fingerprint density at radius 3 is 2.41 bits per heavy atom. The lowest BCUT2D eigenvalue weighted by molar-refractivity contribution is -0.115. The number of hydrogen-bond acceptors (Lipinski definition) is 6. The fraction of sp³-hybridized carbons (Fsp3) is 0.276. The lowest BCUT2D eigenvalue weighted by Crippen LogP contribution is -2.19. The highest BCUT2D eigenvalue weighted by molar-refractivity contribution is 6.11. The number of methoxy groups -OCH3 is 2. The summed E-state index contributed by atoms with van der Waals surface area (Å²) in [7, 11) is 2.93. The quantitative estimate of drug-likeness (QED) is 0.336. The molecule has 190 valence electrons. The normalized spacial score (nSPS) is 12.9. The van der Waals surface area contributed by atoms with Crippen LogP contribution in [0.3, 0.4) is 0 Å². The first-order valence-corrected chi connectivity index (χ1v) is 12.3. The second-order valence-corrected chi connectivity index (χ2v) is 9.18. The van der Waals surface area contributed by atoms with E-state index >= 15 is 0 Å². The third-order valence-corrected chi connectivity index (χ3v) is 6.69. The number of anilines is 2. The monoisotopic (exact) mass is 498 g/mol. The van der Waals surface area contributed by atoms with E-state index in [1.54, 1.807) is 17.9 Å². The fourth-order valence-electron chi connectivity index (χ4n) is 5.00. The molecular weight excluding hydrogens is 468 g/mol. The van der Waals surface area contributed by atoms with Crippen LogP contribution in [-0.4, -0.2) is 48.3 Å². The topological polar surface area (TPSA) is 94.5 Å². The van der Waals surface area contributed by atoms with Crippen LogP contribution in [-0.2, 0) is 40.1 Å². The molecule has 2 aromatic carbocycles. The van der Waals surface area contributed by atoms with Gasteiger partial charge in [0.05, 0.1) is 37.7 Å². The van der Waals surface area contributed by atoms with E-state index < -0.39 is 5.97 Å². The van der Waals surface area contributed by atoms with E-state index in [-0.39, 0.29) is 24.1 Å². The number of nitrogens with one attached hydrogen (secondary N) is 2. The molecule has 0 saturated heterocycles. The Balaban J connectivity index is 1.51. The van der Waals surface area contributed by atoms with Crippen LogP contribution < -0.4 is 10.6 Å². The van der Waals surface area contributed by atoms with Crippen molar-refractivity contribution in [1.29, 1.82) is 0 Å². The summed E-state index contributed by atoms with van der Waals surface area (Å²) in [4.78, 5) is 30.7. The van der Waals surface area contributed by atoms with Crippen molar-refractivity contribution in [1.82, 2.24) is 9.55 Å². The molecule has 4 aromatic rings. The second-order valence-electron chi connectivity index (χ2n) is 9.18. The van der Waals surface area contributed by atoms with E-state index in [9.17, 15) is 9.59 Å². The van der Waals surface area contributed by atoms with Crippen molar-refractivity contribution in [3.63, 3.8) is 0 Å². The van der Waals surface area contributed by atoms with Crippen LogP contribution in [0.25, 0.3) is 11.0 Å². The van der Waals surface area contributed by atoms with Gasteiger partial charge >= 0.3 is 5.97 Å². The van der Waals surface area contributed by atoms with Crippen LogP contribution in [0.1, 0.15) is 27.2 Å². The second kappa shape index (κ2) is 10.8. The first-order valence-electron chi connectivity index (χ1n) is 12.3. The molecular formula is C29H30N4O4. The molecule has 1 aliphatic rings. The minimum Gasteiger partial charge on any atom is -0.464 e. The predicted molar refractivity (Wildman–Crippen MR) is 143 cm³/mol. The fourth-order valence-corrected chi connectivity index (χ4v) is 5.00. The third kappa shape index (κ3) is 5.20. The highest BCUT2D eigenvalue weighted by Gasteiger charge is 2.27. The number of benzene rings is 2. The van der Waals surface area contributed by atoms with Crippen molar-refractivity contribution >= 4 is 34.3 Å². The number of esters is 1. The van der Waals surface area contributed by atoms with Crippen LogP contribution in [0.15, 0.2) is 66.9 Å². The molecule has 0 unspecified atom stereocenters. The minimum atomic E-state index is -0.551. The maximum atomic E-state index is 13.1. The zero-order valence-corrected chi connectivity index (χ0v) is 21.0. The first-order chi connectivity index (χ1) is 18.1. The molecule has 5 rings (SSSR count). The molecule has 2 N–H and O–H groups in total. The number of aromatic nitrogens is 2. The molecule has 0 radical (unpaired) electrons. The van der Waals surface area contributed by atoms with E-state index in [2.05, 4.69) is 34.9 Å². The molecule has 0 bridgehead atoms. The van der Waals surface area contributed by atoms with Crippen LogP contribution in [0.5, 0.6) is 0 Å². The van der Waals surface area contributed by atoms with Gasteiger partial charge in [0.15, 0.2) is 5.69 Å². The van der Waals surface area contributed by atoms with Crippen molar-refractivity contribution in [3.8, 4) is 0 Å². The largest absolute Gasteiger partial charge is 0.464 e. The van der Waals surface area contributed by atoms with Crippen molar-refractivity contribution in [3.05, 3.63) is 89.2 Å². The van der Waals surface area contributed by atoms with Crippen LogP contribution in [0.2, 0.25) is 0 Å². The lowest BCUT2D eigenvalue weighted by atomic mass is 10.1. The van der Waals surface area contributed by atoms with Gasteiger partial charge in [-0.15, -0.1) is 0 Å². The average molecular weight is 499 g/mol. The van der Waals surface area contributed by atoms with Gasteiger partial charge in [0, 0.05) is 25.1 Å². The summed E-state index contributed by atoms with van der Waals surface area (Å²) in [5, 5.41) is 7.24. The highest BCUT2D eigenvalue weighted by Crippen LogP contribution is 2.34. The summed E-state index contributed by atoms with van der Waals surface area (Å²) in [6.45, 7) is 0.747. The summed E-state index contributed by atoms with van der Waals surface area (Å²) < 4.78 is 12.1. The van der Waals surface area contributed by atoms with E-state index in [0.29, 0.717) is 29.9 Å². The van der Waals surface area contributed by atoms with Crippen molar-refractivity contribution < 1.29 is 19.1 Å². The summed E-state index contributed by atoms with van der Waals surface area (Å²) in [6.07, 6.45) is 3.80. The van der Waals surface area contributed by atoms with E-state index in [1.807, 2.05) is 36.4 Å². The Morgan fingerprint density at radius 1 is 1.03 bits per heavy atom. The van der Waals surface area contributed by atoms with Crippen molar-refractivity contribution in [2.45, 2.75) is 31.8 Å². The molecule has 0 saturated carbocycles. The van der Waals surface area contributed by atoms with Gasteiger partial charge in [-0.1, -0.05) is 54.6 Å². The molecule has 37 heavy (non-hydrogen) atoms. The molecule has 8 nitrogen and oxygen atoms in total. The Kier molecular flexibility index (Phi) is 7.18. The van der Waals surface area contributed by atoms with Gasteiger partial charge in [0.1, 0.15) is 5.65 Å². The molecule has 0 atom stereocenters. The maximum absolute atomic E-state index is 13.1. The van der Waals surface area contributed by atoms with Gasteiger partial charge < -0.3 is 24.7 Å². The number of amides is 1. The third-order valence-electron chi connectivity index (χ3n) is 6.69. The van der Waals surface area contributed by atoms with E-state index in [0.717, 1.165) is 24.1 Å². The standard InChI is InChI=1S/C29H30N4O4/c1-36-13-12-33-27(29(35)37-2)26(32-25(34)14-19-8-4-3-5-9-19)24-17-23(18-30-28(24)33)31-22-15-20-10-6-7-11-21(20)16-22/h3-11,17-18,22,31H,12-16H2,1-2H3,(H,32,34). The van der Waals surface area contributed by atoms with Crippen molar-refractivity contribution in [2.24, 2.45) is 0 Å². The zero-order chi connectivity index (χ0) is 25.8. The number of ether oxygens (including phenoxy) is 2. The predicted octanol–water partition coefficient (Wildman–Crippen LogP) is 4.23. The van der Waals surface area contributed by atoms with E-state index in [1.165, 1.54) is 18.2 Å². The Hall–Kier alpha value is -4.17. The number of pyridine rings is 1. The molecule has 1 aliphatic carbocycles. The molecule has 2 heterocycles. The summed E-state index contributed by atoms with van der Waals surface area (Å²) in [5.74, 6) is -0.781. The Bertz CT molecular complexity index is 1410. The number of rotatable bonds is 9. The summed E-state index contributed by atoms with van der Waals surface area (Å²) in [5.41, 5.74) is 5.61. The van der Waals surface area contributed by atoms with Crippen LogP contribution in [0.4, 0.5) is 11.4 Å². The highest BCUT2D eigenvalue weighted by atomic mass is 16.5. The summed E-state index contributed by atoms with van der Waals surface area (Å²) in [6, 6.07) is 20.1. The van der Waals surface area contributed by atoms with Gasteiger partial charge in [-0.25, -0.2) is 9.78 Å². The maximum Gasteiger partial charge on any atom is 0.356 e. The molecule has 0 spiro atoms. The number of hydrogen-bond donors (Lipinski definition) is 2. The molecule has 8 heteroatoms. The van der Waals surface area contributed by atoms with Crippen LogP contribution in [0, 0.1) is 0 Å². The Labute approximate surface area is 215 Å². The molecule has 2 aromatic heterocycles. The van der Waals surface area contributed by atoms with Gasteiger partial charge in [-0.3, -0.25) is 4.79 Å². The average Bonchev–Trinajstić information content (AvgIpc) is 3.45. The molecule has 0 aliphatic heterocycles.